The van der Waals surface area contributed by atoms with Crippen molar-refractivity contribution in [2.75, 3.05) is 0 Å². The summed E-state index contributed by atoms with van der Waals surface area (Å²) in [6, 6.07) is 0.301. The van der Waals surface area contributed by atoms with E-state index >= 15 is 0 Å². The van der Waals surface area contributed by atoms with Crippen molar-refractivity contribution in [1.82, 2.24) is 0 Å². The standard InChI is InChI=1S/C7H14N2O/c8-6-3-1-5(2-4-6)7(9)10/h5-6H,1-4,8H2,(H2,9,10). The minimum atomic E-state index is -0.160. The van der Waals surface area contributed by atoms with E-state index < -0.39 is 0 Å². The third kappa shape index (κ3) is 1.70. The lowest BCUT2D eigenvalue weighted by Crippen LogP contribution is -2.32. The molecule has 0 saturated heterocycles. The molecule has 1 aliphatic carbocycles. The molecule has 0 bridgehead atoms. The Balaban J connectivity index is 2.33. The SMILES string of the molecule is NC(=O)C1CCC(N)CC1. The van der Waals surface area contributed by atoms with Gasteiger partial charge in [0.2, 0.25) is 5.91 Å². The predicted octanol–water partition coefficient (Wildman–Crippen LogP) is -0.0108. The predicted molar refractivity (Wildman–Crippen MR) is 39.1 cm³/mol. The van der Waals surface area contributed by atoms with Crippen LogP contribution < -0.4 is 11.5 Å². The Bertz CT molecular complexity index is 128. The molecule has 0 spiro atoms. The van der Waals surface area contributed by atoms with Gasteiger partial charge in [-0.2, -0.15) is 0 Å². The number of carbonyl (C=O) groups is 1. The van der Waals surface area contributed by atoms with Gasteiger partial charge in [-0.15, -0.1) is 0 Å². The molecule has 10 heavy (non-hydrogen) atoms. The van der Waals surface area contributed by atoms with E-state index in [1.807, 2.05) is 0 Å². The molecule has 58 valence electrons. The van der Waals surface area contributed by atoms with E-state index in [9.17, 15) is 4.79 Å². The molecular formula is C7H14N2O. The van der Waals surface area contributed by atoms with E-state index in [1.165, 1.54) is 0 Å². The van der Waals surface area contributed by atoms with Crippen LogP contribution in [0.5, 0.6) is 0 Å². The zero-order chi connectivity index (χ0) is 7.56. The van der Waals surface area contributed by atoms with Crippen molar-refractivity contribution >= 4 is 5.91 Å². The fraction of sp³-hybridized carbons (Fsp3) is 0.857. The molecule has 1 amide bonds. The van der Waals surface area contributed by atoms with Gasteiger partial charge in [0, 0.05) is 12.0 Å². The quantitative estimate of drug-likeness (QED) is 0.540. The zero-order valence-corrected chi connectivity index (χ0v) is 6.05. The Hall–Kier alpha value is -0.570. The molecule has 0 atom stereocenters. The van der Waals surface area contributed by atoms with Crippen molar-refractivity contribution in [3.63, 3.8) is 0 Å². The molecule has 0 heterocycles. The largest absolute Gasteiger partial charge is 0.369 e. The average molecular weight is 142 g/mol. The second-order valence-corrected chi connectivity index (χ2v) is 3.01. The molecule has 4 N–H and O–H groups in total. The molecule has 1 rings (SSSR count). The van der Waals surface area contributed by atoms with Crippen LogP contribution in [0.15, 0.2) is 0 Å². The van der Waals surface area contributed by atoms with Crippen LogP contribution in [0.25, 0.3) is 0 Å². The van der Waals surface area contributed by atoms with Gasteiger partial charge >= 0.3 is 0 Å². The van der Waals surface area contributed by atoms with Crippen molar-refractivity contribution in [2.24, 2.45) is 17.4 Å². The second-order valence-electron chi connectivity index (χ2n) is 3.01. The van der Waals surface area contributed by atoms with Crippen LogP contribution >= 0.6 is 0 Å². The highest BCUT2D eigenvalue weighted by Gasteiger charge is 2.21. The summed E-state index contributed by atoms with van der Waals surface area (Å²) in [5.41, 5.74) is 10.8. The minimum Gasteiger partial charge on any atom is -0.369 e. The molecular weight excluding hydrogens is 128 g/mol. The topological polar surface area (TPSA) is 69.1 Å². The summed E-state index contributed by atoms with van der Waals surface area (Å²) < 4.78 is 0. The van der Waals surface area contributed by atoms with Gasteiger partial charge in [0.15, 0.2) is 0 Å². The van der Waals surface area contributed by atoms with Gasteiger partial charge in [0.05, 0.1) is 0 Å². The summed E-state index contributed by atoms with van der Waals surface area (Å²) in [4.78, 5) is 10.6. The lowest BCUT2D eigenvalue weighted by Gasteiger charge is -2.23. The molecule has 0 aromatic heterocycles. The Kier molecular flexibility index (Phi) is 2.27. The molecule has 1 aliphatic rings. The van der Waals surface area contributed by atoms with Gasteiger partial charge < -0.3 is 11.5 Å². The first-order chi connectivity index (χ1) is 4.70. The van der Waals surface area contributed by atoms with Crippen LogP contribution in [0, 0.1) is 5.92 Å². The Morgan fingerprint density at radius 2 is 1.70 bits per heavy atom. The maximum Gasteiger partial charge on any atom is 0.220 e. The van der Waals surface area contributed by atoms with E-state index in [2.05, 4.69) is 0 Å². The first-order valence-corrected chi connectivity index (χ1v) is 3.75. The molecule has 0 radical (unpaired) electrons. The third-order valence-electron chi connectivity index (χ3n) is 2.17. The molecule has 1 saturated carbocycles. The fourth-order valence-corrected chi connectivity index (χ4v) is 1.40. The number of carbonyl (C=O) groups excluding carboxylic acids is 1. The molecule has 0 unspecified atom stereocenters. The van der Waals surface area contributed by atoms with Crippen LogP contribution in [0.4, 0.5) is 0 Å². The molecule has 0 aromatic rings. The smallest absolute Gasteiger partial charge is 0.220 e. The van der Waals surface area contributed by atoms with E-state index in [0.29, 0.717) is 6.04 Å². The lowest BCUT2D eigenvalue weighted by molar-refractivity contribution is -0.122. The van der Waals surface area contributed by atoms with Crippen LogP contribution in [0.1, 0.15) is 25.7 Å². The second kappa shape index (κ2) is 3.01. The van der Waals surface area contributed by atoms with Crippen molar-refractivity contribution in [2.45, 2.75) is 31.7 Å². The zero-order valence-electron chi connectivity index (χ0n) is 6.05. The molecule has 3 heteroatoms. The highest BCUT2D eigenvalue weighted by Crippen LogP contribution is 2.22. The van der Waals surface area contributed by atoms with Gasteiger partial charge in [0.25, 0.3) is 0 Å². The third-order valence-corrected chi connectivity index (χ3v) is 2.17. The van der Waals surface area contributed by atoms with Gasteiger partial charge in [-0.1, -0.05) is 0 Å². The van der Waals surface area contributed by atoms with Gasteiger partial charge in [-0.25, -0.2) is 0 Å². The number of hydrogen-bond donors (Lipinski definition) is 2. The number of rotatable bonds is 1. The first kappa shape index (κ1) is 7.54. The summed E-state index contributed by atoms with van der Waals surface area (Å²) >= 11 is 0. The lowest BCUT2D eigenvalue weighted by atomic mass is 9.86. The maximum absolute atomic E-state index is 10.6. The highest BCUT2D eigenvalue weighted by molar-refractivity contribution is 5.76. The van der Waals surface area contributed by atoms with E-state index in [-0.39, 0.29) is 11.8 Å². The minimum absolute atomic E-state index is 0.0970. The van der Waals surface area contributed by atoms with E-state index in [0.717, 1.165) is 25.7 Å². The maximum atomic E-state index is 10.6. The van der Waals surface area contributed by atoms with Gasteiger partial charge in [-0.05, 0) is 25.7 Å². The Labute approximate surface area is 60.8 Å². The average Bonchev–Trinajstić information content (AvgIpc) is 1.88. The first-order valence-electron chi connectivity index (χ1n) is 3.75. The summed E-state index contributed by atoms with van der Waals surface area (Å²) in [6.45, 7) is 0. The highest BCUT2D eigenvalue weighted by atomic mass is 16.1. The summed E-state index contributed by atoms with van der Waals surface area (Å²) in [6.07, 6.45) is 3.67. The van der Waals surface area contributed by atoms with E-state index in [1.54, 1.807) is 0 Å². The normalized spacial score (nSPS) is 33.7. The van der Waals surface area contributed by atoms with Crippen molar-refractivity contribution in [1.29, 1.82) is 0 Å². The van der Waals surface area contributed by atoms with Gasteiger partial charge in [-0.3, -0.25) is 4.79 Å². The van der Waals surface area contributed by atoms with Crippen LogP contribution in [-0.2, 0) is 4.79 Å². The van der Waals surface area contributed by atoms with Crippen LogP contribution in [0.3, 0.4) is 0 Å². The summed E-state index contributed by atoms with van der Waals surface area (Å²) in [5.74, 6) is -0.0632. The van der Waals surface area contributed by atoms with Gasteiger partial charge in [0.1, 0.15) is 0 Å². The molecule has 3 nitrogen and oxygen atoms in total. The monoisotopic (exact) mass is 142 g/mol. The Morgan fingerprint density at radius 1 is 1.20 bits per heavy atom. The molecule has 1 fully saturated rings. The molecule has 0 aromatic carbocycles. The van der Waals surface area contributed by atoms with Crippen molar-refractivity contribution < 1.29 is 4.79 Å². The number of primary amides is 1. The van der Waals surface area contributed by atoms with Crippen molar-refractivity contribution in [3.8, 4) is 0 Å². The van der Waals surface area contributed by atoms with Crippen molar-refractivity contribution in [3.05, 3.63) is 0 Å². The van der Waals surface area contributed by atoms with E-state index in [4.69, 9.17) is 11.5 Å². The van der Waals surface area contributed by atoms with Crippen LogP contribution in [0.2, 0.25) is 0 Å². The number of amides is 1. The number of hydrogen-bond acceptors (Lipinski definition) is 2. The summed E-state index contributed by atoms with van der Waals surface area (Å²) in [7, 11) is 0. The number of nitrogens with two attached hydrogens (primary N) is 2. The Morgan fingerprint density at radius 3 is 2.10 bits per heavy atom. The fourth-order valence-electron chi connectivity index (χ4n) is 1.40. The van der Waals surface area contributed by atoms with Crippen LogP contribution in [-0.4, -0.2) is 11.9 Å². The molecule has 0 aliphatic heterocycles. The summed E-state index contributed by atoms with van der Waals surface area (Å²) in [5, 5.41) is 0.